The number of carbonyl (C=O) groups is 1. The van der Waals surface area contributed by atoms with E-state index in [4.69, 9.17) is 23.7 Å². The molecule has 0 aliphatic rings. The van der Waals surface area contributed by atoms with E-state index in [1.54, 1.807) is 6.92 Å². The van der Waals surface area contributed by atoms with Crippen LogP contribution in [0.2, 0.25) is 0 Å². The summed E-state index contributed by atoms with van der Waals surface area (Å²) in [6.07, 6.45) is -0.710. The average molecular weight is 411 g/mol. The van der Waals surface area contributed by atoms with Gasteiger partial charge in [-0.3, -0.25) is 4.79 Å². The first-order valence-corrected chi connectivity index (χ1v) is 10.1. The van der Waals surface area contributed by atoms with Crippen molar-refractivity contribution in [1.29, 1.82) is 0 Å². The summed E-state index contributed by atoms with van der Waals surface area (Å²) in [6.45, 7) is 11.4. The van der Waals surface area contributed by atoms with Gasteiger partial charge in [-0.15, -0.1) is 0 Å². The quantitative estimate of drug-likeness (QED) is 0.272. The third-order valence-corrected chi connectivity index (χ3v) is 3.63. The molecule has 9 heteroatoms. The van der Waals surface area contributed by atoms with E-state index in [2.05, 4.69) is 17.6 Å². The zero-order chi connectivity index (χ0) is 20.9. The lowest BCUT2D eigenvalue weighted by atomic mass is 10.2. The maximum Gasteiger partial charge on any atom is 0.216 e. The summed E-state index contributed by atoms with van der Waals surface area (Å²) in [7, 11) is 0. The maximum atomic E-state index is 13.6. The summed E-state index contributed by atoms with van der Waals surface area (Å²) < 4.78 is 40.5. The van der Waals surface area contributed by atoms with Crippen LogP contribution in [-0.4, -0.2) is 97.3 Å². The highest BCUT2D eigenvalue weighted by molar-refractivity contribution is 5.72. The summed E-state index contributed by atoms with van der Waals surface area (Å²) >= 11 is 0. The molecule has 0 aromatic carbocycles. The molecule has 2 unspecified atom stereocenters. The molecule has 2 N–H and O–H groups in total. The molecule has 0 aliphatic heterocycles. The molecule has 2 atom stereocenters. The van der Waals surface area contributed by atoms with E-state index >= 15 is 0 Å². The third-order valence-electron chi connectivity index (χ3n) is 3.63. The largest absolute Gasteiger partial charge is 0.378 e. The van der Waals surface area contributed by atoms with Crippen molar-refractivity contribution in [3.05, 3.63) is 0 Å². The number of hydrogen-bond donors (Lipinski definition) is 2. The predicted octanol–water partition coefficient (Wildman–Crippen LogP) is 0.932. The van der Waals surface area contributed by atoms with Gasteiger partial charge >= 0.3 is 0 Å². The van der Waals surface area contributed by atoms with Gasteiger partial charge in [-0.25, -0.2) is 4.39 Å². The first kappa shape index (κ1) is 27.2. The van der Waals surface area contributed by atoms with E-state index in [0.717, 1.165) is 19.5 Å². The average Bonchev–Trinajstić information content (AvgIpc) is 2.68. The molecule has 28 heavy (non-hydrogen) atoms. The van der Waals surface area contributed by atoms with Gasteiger partial charge in [0.05, 0.1) is 72.1 Å². The Hall–Kier alpha value is -0.840. The van der Waals surface area contributed by atoms with Crippen molar-refractivity contribution in [2.24, 2.45) is 0 Å². The van der Waals surface area contributed by atoms with Crippen LogP contribution in [0.4, 0.5) is 4.39 Å². The van der Waals surface area contributed by atoms with Crippen molar-refractivity contribution >= 4 is 5.91 Å². The number of carbonyl (C=O) groups excluding carboxylic acids is 1. The van der Waals surface area contributed by atoms with E-state index in [-0.39, 0.29) is 12.5 Å². The Morgan fingerprint density at radius 2 is 1.36 bits per heavy atom. The Labute approximate surface area is 168 Å². The Morgan fingerprint density at radius 3 is 1.86 bits per heavy atom. The lowest BCUT2D eigenvalue weighted by Crippen LogP contribution is -2.35. The highest BCUT2D eigenvalue weighted by Crippen LogP contribution is 2.02. The number of rotatable bonds is 21. The molecule has 0 aromatic heterocycles. The monoisotopic (exact) mass is 410 g/mol. The number of hydrogen-bond acceptors (Lipinski definition) is 7. The summed E-state index contributed by atoms with van der Waals surface area (Å²) in [6, 6.07) is 0. The molecular formula is C19H39FN2O6. The van der Waals surface area contributed by atoms with Crippen LogP contribution >= 0.6 is 0 Å². The van der Waals surface area contributed by atoms with Crippen LogP contribution in [0.5, 0.6) is 0 Å². The van der Waals surface area contributed by atoms with Crippen LogP contribution in [0.25, 0.3) is 0 Å². The van der Waals surface area contributed by atoms with Gasteiger partial charge in [-0.2, -0.15) is 0 Å². The second-order valence-electron chi connectivity index (χ2n) is 6.23. The summed E-state index contributed by atoms with van der Waals surface area (Å²) in [5.41, 5.74) is 0. The summed E-state index contributed by atoms with van der Waals surface area (Å²) in [4.78, 5) is 10.7. The van der Waals surface area contributed by atoms with Crippen LogP contribution < -0.4 is 10.6 Å². The molecule has 0 aromatic rings. The normalized spacial score (nSPS) is 13.4. The lowest BCUT2D eigenvalue weighted by Gasteiger charge is -2.17. The minimum absolute atomic E-state index is 0.0461. The van der Waals surface area contributed by atoms with Crippen molar-refractivity contribution in [1.82, 2.24) is 10.6 Å². The molecule has 0 bridgehead atoms. The first-order chi connectivity index (χ1) is 13.6. The first-order valence-electron chi connectivity index (χ1n) is 10.1. The Morgan fingerprint density at radius 1 is 0.857 bits per heavy atom. The molecule has 0 fully saturated rings. The van der Waals surface area contributed by atoms with Gasteiger partial charge in [0.1, 0.15) is 6.17 Å². The van der Waals surface area contributed by atoms with E-state index in [0.29, 0.717) is 59.5 Å². The molecule has 0 spiro atoms. The van der Waals surface area contributed by atoms with Crippen LogP contribution in [-0.2, 0) is 28.5 Å². The molecule has 0 saturated carbocycles. The molecular weight excluding hydrogens is 371 g/mol. The fraction of sp³-hybridized carbons (Fsp3) is 0.947. The smallest absolute Gasteiger partial charge is 0.216 e. The molecule has 168 valence electrons. The van der Waals surface area contributed by atoms with Gasteiger partial charge in [0.2, 0.25) is 5.91 Å². The zero-order valence-electron chi connectivity index (χ0n) is 17.7. The second kappa shape index (κ2) is 20.9. The third kappa shape index (κ3) is 19.9. The van der Waals surface area contributed by atoms with Gasteiger partial charge in [-0.1, -0.05) is 6.92 Å². The Kier molecular flexibility index (Phi) is 20.3. The number of alkyl halides is 1. The molecule has 1 amide bonds. The SMILES string of the molecule is CCCNCCOCCOCCOCCOCCOC(C)C(F)CNC(C)=O. The van der Waals surface area contributed by atoms with E-state index in [1.807, 2.05) is 0 Å². The fourth-order valence-electron chi connectivity index (χ4n) is 2.01. The Bertz CT molecular complexity index is 352. The highest BCUT2D eigenvalue weighted by Gasteiger charge is 2.16. The Balaban J connectivity index is 3.20. The maximum absolute atomic E-state index is 13.6. The summed E-state index contributed by atoms with van der Waals surface area (Å²) in [5, 5.41) is 5.68. The zero-order valence-corrected chi connectivity index (χ0v) is 17.7. The molecule has 8 nitrogen and oxygen atoms in total. The lowest BCUT2D eigenvalue weighted by molar-refractivity contribution is -0.119. The topological polar surface area (TPSA) is 87.3 Å². The van der Waals surface area contributed by atoms with Crippen LogP contribution in [0.3, 0.4) is 0 Å². The summed E-state index contributed by atoms with van der Waals surface area (Å²) in [5.74, 6) is -0.257. The van der Waals surface area contributed by atoms with Gasteiger partial charge in [0.15, 0.2) is 0 Å². The van der Waals surface area contributed by atoms with Crippen LogP contribution in [0.15, 0.2) is 0 Å². The van der Waals surface area contributed by atoms with Crippen LogP contribution in [0, 0.1) is 0 Å². The van der Waals surface area contributed by atoms with Crippen molar-refractivity contribution in [3.8, 4) is 0 Å². The van der Waals surface area contributed by atoms with Crippen molar-refractivity contribution in [2.75, 3.05) is 79.1 Å². The second-order valence-corrected chi connectivity index (χ2v) is 6.23. The van der Waals surface area contributed by atoms with Crippen molar-refractivity contribution < 1.29 is 32.9 Å². The molecule has 0 saturated heterocycles. The standard InChI is InChI=1S/C19H39FN2O6/c1-4-5-21-6-7-24-8-9-25-10-11-26-12-13-27-14-15-28-17(2)19(20)16-22-18(3)23/h17,19,21H,4-16H2,1-3H3,(H,22,23). The van der Waals surface area contributed by atoms with Crippen molar-refractivity contribution in [3.63, 3.8) is 0 Å². The fourth-order valence-corrected chi connectivity index (χ4v) is 2.01. The van der Waals surface area contributed by atoms with Crippen molar-refractivity contribution in [2.45, 2.75) is 39.5 Å². The highest BCUT2D eigenvalue weighted by atomic mass is 19.1. The number of ether oxygens (including phenoxy) is 5. The van der Waals surface area contributed by atoms with Gasteiger partial charge in [-0.05, 0) is 19.9 Å². The van der Waals surface area contributed by atoms with E-state index in [1.165, 1.54) is 6.92 Å². The van der Waals surface area contributed by atoms with E-state index in [9.17, 15) is 9.18 Å². The van der Waals surface area contributed by atoms with Gasteiger partial charge in [0, 0.05) is 13.5 Å². The van der Waals surface area contributed by atoms with Gasteiger partial charge in [0.25, 0.3) is 0 Å². The van der Waals surface area contributed by atoms with E-state index < -0.39 is 12.3 Å². The molecule has 0 heterocycles. The number of amides is 1. The molecule has 0 aliphatic carbocycles. The van der Waals surface area contributed by atoms with Crippen LogP contribution in [0.1, 0.15) is 27.2 Å². The van der Waals surface area contributed by atoms with Gasteiger partial charge < -0.3 is 34.3 Å². The molecule has 0 radical (unpaired) electrons. The number of nitrogens with one attached hydrogen (secondary N) is 2. The predicted molar refractivity (Wildman–Crippen MR) is 105 cm³/mol. The number of halogens is 1. The minimum atomic E-state index is -1.24. The minimum Gasteiger partial charge on any atom is -0.378 e. The molecule has 0 rings (SSSR count).